The Morgan fingerprint density at radius 2 is 1.81 bits per heavy atom. The van der Waals surface area contributed by atoms with E-state index in [0.29, 0.717) is 33.3 Å². The van der Waals surface area contributed by atoms with E-state index >= 15 is 0 Å². The van der Waals surface area contributed by atoms with Crippen molar-refractivity contribution in [3.8, 4) is 17.4 Å². The minimum absolute atomic E-state index is 0.168. The molecule has 1 atom stereocenters. The molecule has 1 N–H and O–H groups in total. The number of benzene rings is 3. The first kappa shape index (κ1) is 21.3. The lowest BCUT2D eigenvalue weighted by atomic mass is 9.98. The third-order valence-electron chi connectivity index (χ3n) is 5.45. The summed E-state index contributed by atoms with van der Waals surface area (Å²) in [7, 11) is 0. The smallest absolute Gasteiger partial charge is 0.196 e. The predicted molar refractivity (Wildman–Crippen MR) is 121 cm³/mol. The van der Waals surface area contributed by atoms with Crippen molar-refractivity contribution in [1.29, 1.82) is 5.26 Å². The largest absolute Gasteiger partial charge is 0.455 e. The van der Waals surface area contributed by atoms with E-state index < -0.39 is 17.7 Å². The SMILES string of the molecule is Cc1cc([C@@H](C)Nc2cc(F)ccc2C#N)c2oc(-c3ccccc3F)c(C)c(=O)c2c1. The molecule has 0 fully saturated rings. The molecule has 0 aliphatic rings. The fourth-order valence-electron chi connectivity index (χ4n) is 3.84. The maximum absolute atomic E-state index is 14.5. The van der Waals surface area contributed by atoms with Gasteiger partial charge in [0.05, 0.1) is 28.2 Å². The lowest BCUT2D eigenvalue weighted by molar-refractivity contribution is 0.586. The van der Waals surface area contributed by atoms with Gasteiger partial charge in [-0.05, 0) is 62.7 Å². The molecule has 0 saturated carbocycles. The second-order valence-electron chi connectivity index (χ2n) is 7.76. The van der Waals surface area contributed by atoms with Gasteiger partial charge in [0.15, 0.2) is 5.43 Å². The minimum atomic E-state index is -0.489. The number of hydrogen-bond donors (Lipinski definition) is 1. The molecule has 1 heterocycles. The quantitative estimate of drug-likeness (QED) is 0.407. The highest BCUT2D eigenvalue weighted by Gasteiger charge is 2.20. The Morgan fingerprint density at radius 3 is 2.53 bits per heavy atom. The molecular weight excluding hydrogens is 410 g/mol. The second-order valence-corrected chi connectivity index (χ2v) is 7.76. The molecule has 4 rings (SSSR count). The van der Waals surface area contributed by atoms with Gasteiger partial charge in [0.1, 0.15) is 29.0 Å². The number of anilines is 1. The van der Waals surface area contributed by atoms with Gasteiger partial charge in [-0.1, -0.05) is 18.2 Å². The van der Waals surface area contributed by atoms with Gasteiger partial charge in [-0.3, -0.25) is 4.79 Å². The van der Waals surface area contributed by atoms with Crippen LogP contribution >= 0.6 is 0 Å². The van der Waals surface area contributed by atoms with Crippen molar-refractivity contribution in [1.82, 2.24) is 0 Å². The van der Waals surface area contributed by atoms with Crippen molar-refractivity contribution in [2.24, 2.45) is 0 Å². The lowest BCUT2D eigenvalue weighted by Gasteiger charge is -2.19. The number of hydrogen-bond acceptors (Lipinski definition) is 4. The van der Waals surface area contributed by atoms with E-state index in [-0.39, 0.29) is 16.8 Å². The molecule has 0 unspecified atom stereocenters. The Kier molecular flexibility index (Phi) is 5.50. The second kappa shape index (κ2) is 8.27. The van der Waals surface area contributed by atoms with Gasteiger partial charge in [0.2, 0.25) is 0 Å². The summed E-state index contributed by atoms with van der Waals surface area (Å²) in [4.78, 5) is 13.2. The molecule has 3 aromatic carbocycles. The van der Waals surface area contributed by atoms with Crippen molar-refractivity contribution in [2.45, 2.75) is 26.8 Å². The number of fused-ring (bicyclic) bond motifs is 1. The van der Waals surface area contributed by atoms with E-state index in [2.05, 4.69) is 5.32 Å². The Labute approximate surface area is 183 Å². The van der Waals surface area contributed by atoms with E-state index in [9.17, 15) is 18.8 Å². The molecule has 0 aliphatic heterocycles. The van der Waals surface area contributed by atoms with Crippen LogP contribution in [0.15, 0.2) is 63.8 Å². The topological polar surface area (TPSA) is 66.0 Å². The van der Waals surface area contributed by atoms with Crippen LogP contribution in [0.2, 0.25) is 0 Å². The van der Waals surface area contributed by atoms with Crippen molar-refractivity contribution < 1.29 is 13.2 Å². The fourth-order valence-corrected chi connectivity index (χ4v) is 3.84. The highest BCUT2D eigenvalue weighted by molar-refractivity contribution is 5.84. The minimum Gasteiger partial charge on any atom is -0.455 e. The fraction of sp³-hybridized carbons (Fsp3) is 0.154. The summed E-state index contributed by atoms with van der Waals surface area (Å²) in [6.07, 6.45) is 0. The van der Waals surface area contributed by atoms with E-state index in [1.54, 1.807) is 31.2 Å². The average molecular weight is 430 g/mol. The third kappa shape index (κ3) is 3.74. The van der Waals surface area contributed by atoms with Crippen LogP contribution in [0.25, 0.3) is 22.3 Å². The van der Waals surface area contributed by atoms with Crippen LogP contribution in [0.1, 0.15) is 35.2 Å². The zero-order valence-electron chi connectivity index (χ0n) is 17.8. The summed E-state index contributed by atoms with van der Waals surface area (Å²) in [6.45, 7) is 5.30. The molecule has 6 heteroatoms. The van der Waals surface area contributed by atoms with E-state index in [1.165, 1.54) is 24.3 Å². The first-order valence-corrected chi connectivity index (χ1v) is 10.1. The van der Waals surface area contributed by atoms with Crippen LogP contribution < -0.4 is 10.7 Å². The van der Waals surface area contributed by atoms with Gasteiger partial charge in [-0.2, -0.15) is 5.26 Å². The summed E-state index contributed by atoms with van der Waals surface area (Å²) < 4.78 is 34.4. The van der Waals surface area contributed by atoms with Gasteiger partial charge in [0.25, 0.3) is 0 Å². The van der Waals surface area contributed by atoms with Crippen molar-refractivity contribution in [3.63, 3.8) is 0 Å². The normalized spacial score (nSPS) is 11.9. The summed E-state index contributed by atoms with van der Waals surface area (Å²) in [5, 5.41) is 12.9. The van der Waals surface area contributed by atoms with Gasteiger partial charge in [0, 0.05) is 11.1 Å². The summed E-state index contributed by atoms with van der Waals surface area (Å²) in [5.41, 5.74) is 2.70. The number of nitrogens with one attached hydrogen (secondary N) is 1. The number of nitrogens with zero attached hydrogens (tertiary/aromatic N) is 1. The molecule has 0 spiro atoms. The Balaban J connectivity index is 1.92. The number of rotatable bonds is 4. The monoisotopic (exact) mass is 430 g/mol. The van der Waals surface area contributed by atoms with E-state index in [4.69, 9.17) is 4.42 Å². The molecule has 0 aliphatic carbocycles. The molecule has 0 bridgehead atoms. The van der Waals surface area contributed by atoms with Crippen LogP contribution in [-0.2, 0) is 0 Å². The standard InChI is InChI=1S/C26H20F2N2O2/c1-14-10-20(16(3)30-23-12-18(27)9-8-17(23)13-29)26-21(11-14)24(31)15(2)25(32-26)19-6-4-5-7-22(19)28/h4-12,16,30H,1-3H3/t16-/m1/s1. The van der Waals surface area contributed by atoms with Gasteiger partial charge >= 0.3 is 0 Å². The van der Waals surface area contributed by atoms with Gasteiger partial charge < -0.3 is 9.73 Å². The van der Waals surface area contributed by atoms with Crippen molar-refractivity contribution in [3.05, 3.63) is 98.7 Å². The van der Waals surface area contributed by atoms with Gasteiger partial charge in [-0.15, -0.1) is 0 Å². The van der Waals surface area contributed by atoms with Gasteiger partial charge in [-0.25, -0.2) is 8.78 Å². The van der Waals surface area contributed by atoms with Crippen LogP contribution in [0, 0.1) is 36.8 Å². The van der Waals surface area contributed by atoms with Crippen molar-refractivity contribution in [2.75, 3.05) is 5.32 Å². The summed E-state index contributed by atoms with van der Waals surface area (Å²) >= 11 is 0. The molecule has 160 valence electrons. The molecular formula is C26H20F2N2O2. The molecule has 0 saturated heterocycles. The average Bonchev–Trinajstić information content (AvgIpc) is 2.77. The maximum Gasteiger partial charge on any atom is 0.196 e. The van der Waals surface area contributed by atoms with Crippen LogP contribution in [0.5, 0.6) is 0 Å². The summed E-state index contributed by atoms with van der Waals surface area (Å²) in [6, 6.07) is 15.2. The zero-order chi connectivity index (χ0) is 23.0. The maximum atomic E-state index is 14.5. The predicted octanol–water partition coefficient (Wildman–Crippen LogP) is 6.40. The number of halogens is 2. The first-order chi connectivity index (χ1) is 15.3. The van der Waals surface area contributed by atoms with Crippen LogP contribution in [0.3, 0.4) is 0 Å². The van der Waals surface area contributed by atoms with Crippen LogP contribution in [0.4, 0.5) is 14.5 Å². The molecule has 32 heavy (non-hydrogen) atoms. The molecule has 1 aromatic heterocycles. The van der Waals surface area contributed by atoms with E-state index in [1.807, 2.05) is 26.0 Å². The van der Waals surface area contributed by atoms with E-state index in [0.717, 1.165) is 5.56 Å². The molecule has 0 radical (unpaired) electrons. The Hall–Kier alpha value is -3.98. The highest BCUT2D eigenvalue weighted by atomic mass is 19.1. The third-order valence-corrected chi connectivity index (χ3v) is 5.45. The lowest BCUT2D eigenvalue weighted by Crippen LogP contribution is -2.13. The highest BCUT2D eigenvalue weighted by Crippen LogP contribution is 2.33. The molecule has 0 amide bonds. The van der Waals surface area contributed by atoms with Crippen LogP contribution in [-0.4, -0.2) is 0 Å². The number of aryl methyl sites for hydroxylation is 1. The Bertz CT molecular complexity index is 1450. The zero-order valence-corrected chi connectivity index (χ0v) is 17.8. The Morgan fingerprint density at radius 1 is 1.06 bits per heavy atom. The molecule has 4 aromatic rings. The van der Waals surface area contributed by atoms with Crippen molar-refractivity contribution >= 4 is 16.7 Å². The first-order valence-electron chi connectivity index (χ1n) is 10.1. The molecule has 4 nitrogen and oxygen atoms in total. The number of nitriles is 1. The summed E-state index contributed by atoms with van der Waals surface area (Å²) in [5.74, 6) is -0.797.